The van der Waals surface area contributed by atoms with Gasteiger partial charge in [0.05, 0.1) is 24.4 Å². The summed E-state index contributed by atoms with van der Waals surface area (Å²) in [5.74, 6) is 0.465. The second-order valence-corrected chi connectivity index (χ2v) is 7.17. The van der Waals surface area contributed by atoms with Gasteiger partial charge in [-0.25, -0.2) is 4.98 Å². The second-order valence-electron chi connectivity index (χ2n) is 6.16. The third-order valence-electron chi connectivity index (χ3n) is 4.40. The van der Waals surface area contributed by atoms with Crippen LogP contribution in [0.5, 0.6) is 17.2 Å². The molecule has 0 aliphatic rings. The number of nitrogens with zero attached hydrogens (tertiary/aromatic N) is 3. The van der Waals surface area contributed by atoms with Gasteiger partial charge < -0.3 is 14.6 Å². The Hall–Kier alpha value is -3.39. The molecule has 0 saturated heterocycles. The summed E-state index contributed by atoms with van der Waals surface area (Å²) in [5.41, 5.74) is 3.21. The number of aryl methyl sites for hydroxylation is 1. The van der Waals surface area contributed by atoms with Crippen LogP contribution in [0.2, 0.25) is 0 Å². The molecule has 4 rings (SSSR count). The van der Waals surface area contributed by atoms with Crippen molar-refractivity contribution in [3.05, 3.63) is 62.8 Å². The van der Waals surface area contributed by atoms with Crippen LogP contribution in [0.15, 0.2) is 41.6 Å². The molecule has 0 aliphatic heterocycles. The number of aromatic hydroxyl groups is 1. The summed E-state index contributed by atoms with van der Waals surface area (Å²) in [5, 5.41) is 10.0. The van der Waals surface area contributed by atoms with Crippen LogP contribution in [0.1, 0.15) is 11.1 Å². The van der Waals surface area contributed by atoms with Crippen LogP contribution < -0.4 is 19.6 Å². The number of benzene rings is 1. The Morgan fingerprint density at radius 2 is 1.93 bits per heavy atom. The van der Waals surface area contributed by atoms with Crippen molar-refractivity contribution < 1.29 is 14.6 Å². The highest BCUT2D eigenvalue weighted by Crippen LogP contribution is 2.37. The molecule has 4 aromatic rings. The van der Waals surface area contributed by atoms with Crippen LogP contribution in [0, 0.1) is 6.92 Å². The van der Waals surface area contributed by atoms with Gasteiger partial charge in [-0.3, -0.25) is 14.2 Å². The number of pyridine rings is 1. The molecule has 0 spiro atoms. The van der Waals surface area contributed by atoms with E-state index in [2.05, 4.69) is 9.97 Å². The van der Waals surface area contributed by atoms with Gasteiger partial charge in [0.2, 0.25) is 5.75 Å². The standard InChI is InChI=1S/C20H17N3O4S/c1-11-9-21-5-4-13(11)14-10-23-19(25)17(28-20(23)22-14)8-12-6-15(26-2)18(24)16(7-12)27-3/h4-10,24H,1-3H3/b17-8-. The summed E-state index contributed by atoms with van der Waals surface area (Å²) in [6.45, 7) is 1.96. The highest BCUT2D eigenvalue weighted by Gasteiger charge is 2.13. The van der Waals surface area contributed by atoms with Crippen molar-refractivity contribution in [1.82, 2.24) is 14.4 Å². The van der Waals surface area contributed by atoms with Gasteiger partial charge in [-0.1, -0.05) is 11.3 Å². The molecule has 3 heterocycles. The second kappa shape index (κ2) is 6.97. The zero-order chi connectivity index (χ0) is 19.8. The average molecular weight is 395 g/mol. The molecule has 0 atom stereocenters. The van der Waals surface area contributed by atoms with Gasteiger partial charge >= 0.3 is 0 Å². The third kappa shape index (κ3) is 2.97. The number of aromatic nitrogens is 3. The lowest BCUT2D eigenvalue weighted by Crippen LogP contribution is -2.22. The molecule has 3 aromatic heterocycles. The zero-order valence-electron chi connectivity index (χ0n) is 15.5. The van der Waals surface area contributed by atoms with Crippen LogP contribution >= 0.6 is 11.3 Å². The Morgan fingerprint density at radius 3 is 2.54 bits per heavy atom. The van der Waals surface area contributed by atoms with Crippen molar-refractivity contribution >= 4 is 22.4 Å². The fraction of sp³-hybridized carbons (Fsp3) is 0.150. The van der Waals surface area contributed by atoms with Gasteiger partial charge in [0.25, 0.3) is 5.56 Å². The largest absolute Gasteiger partial charge is 0.502 e. The molecule has 0 unspecified atom stereocenters. The Labute approximate surface area is 164 Å². The Bertz CT molecular complexity index is 1270. The zero-order valence-corrected chi connectivity index (χ0v) is 16.3. The number of phenols is 1. The predicted octanol–water partition coefficient (Wildman–Crippen LogP) is 2.40. The molecule has 1 aromatic carbocycles. The molecular formula is C20H17N3O4S. The molecule has 1 N–H and O–H groups in total. The number of ether oxygens (including phenoxy) is 2. The van der Waals surface area contributed by atoms with Crippen molar-refractivity contribution in [1.29, 1.82) is 0 Å². The lowest BCUT2D eigenvalue weighted by molar-refractivity contribution is 0.340. The van der Waals surface area contributed by atoms with E-state index in [4.69, 9.17) is 9.47 Å². The number of hydrogen-bond donors (Lipinski definition) is 1. The normalized spacial score (nSPS) is 11.9. The molecule has 7 nitrogen and oxygen atoms in total. The van der Waals surface area contributed by atoms with E-state index in [0.29, 0.717) is 15.1 Å². The average Bonchev–Trinajstić information content (AvgIpc) is 3.23. The minimum Gasteiger partial charge on any atom is -0.502 e. The van der Waals surface area contributed by atoms with Gasteiger partial charge in [-0.05, 0) is 42.3 Å². The Morgan fingerprint density at radius 1 is 1.21 bits per heavy atom. The summed E-state index contributed by atoms with van der Waals surface area (Å²) in [4.78, 5) is 22.1. The van der Waals surface area contributed by atoms with Gasteiger partial charge in [0.15, 0.2) is 16.5 Å². The Balaban J connectivity index is 1.83. The molecule has 8 heteroatoms. The maximum Gasteiger partial charge on any atom is 0.274 e. The smallest absolute Gasteiger partial charge is 0.274 e. The monoisotopic (exact) mass is 395 g/mol. The summed E-state index contributed by atoms with van der Waals surface area (Å²) in [6, 6.07) is 5.17. The number of fused-ring (bicyclic) bond motifs is 1. The molecule has 28 heavy (non-hydrogen) atoms. The molecular weight excluding hydrogens is 378 g/mol. The number of methoxy groups -OCH3 is 2. The van der Waals surface area contributed by atoms with E-state index in [0.717, 1.165) is 16.8 Å². The number of hydrogen-bond acceptors (Lipinski definition) is 7. The topological polar surface area (TPSA) is 86.0 Å². The SMILES string of the molecule is COc1cc(/C=c2\sc3nc(-c4ccncc4C)cn3c2=O)cc(OC)c1O. The van der Waals surface area contributed by atoms with Crippen LogP contribution in [-0.2, 0) is 0 Å². The quantitative estimate of drug-likeness (QED) is 0.571. The molecule has 0 bridgehead atoms. The summed E-state index contributed by atoms with van der Waals surface area (Å²) in [6.07, 6.45) is 6.94. The maximum absolute atomic E-state index is 12.8. The number of phenolic OH excluding ortho intramolecular Hbond substituents is 1. The van der Waals surface area contributed by atoms with Gasteiger partial charge in [0.1, 0.15) is 0 Å². The highest BCUT2D eigenvalue weighted by atomic mass is 32.1. The lowest BCUT2D eigenvalue weighted by atomic mass is 10.1. The first kappa shape index (κ1) is 18.0. The minimum atomic E-state index is -0.156. The summed E-state index contributed by atoms with van der Waals surface area (Å²) in [7, 11) is 2.91. The van der Waals surface area contributed by atoms with Crippen molar-refractivity contribution in [2.24, 2.45) is 0 Å². The Kier molecular flexibility index (Phi) is 4.48. The van der Waals surface area contributed by atoms with Crippen LogP contribution in [-0.4, -0.2) is 33.7 Å². The fourth-order valence-electron chi connectivity index (χ4n) is 2.97. The van der Waals surface area contributed by atoms with E-state index < -0.39 is 0 Å². The van der Waals surface area contributed by atoms with Crippen molar-refractivity contribution in [3.63, 3.8) is 0 Å². The van der Waals surface area contributed by atoms with E-state index in [1.54, 1.807) is 41.2 Å². The first-order valence-corrected chi connectivity index (χ1v) is 9.23. The van der Waals surface area contributed by atoms with E-state index >= 15 is 0 Å². The molecule has 142 valence electrons. The van der Waals surface area contributed by atoms with Gasteiger partial charge in [-0.2, -0.15) is 0 Å². The number of imidazole rings is 1. The van der Waals surface area contributed by atoms with E-state index in [9.17, 15) is 9.90 Å². The van der Waals surface area contributed by atoms with Crippen LogP contribution in [0.25, 0.3) is 22.3 Å². The van der Waals surface area contributed by atoms with Crippen molar-refractivity contribution in [2.45, 2.75) is 6.92 Å². The predicted molar refractivity (Wildman–Crippen MR) is 107 cm³/mol. The van der Waals surface area contributed by atoms with Crippen LogP contribution in [0.3, 0.4) is 0 Å². The molecule has 0 aliphatic carbocycles. The third-order valence-corrected chi connectivity index (χ3v) is 5.38. The van der Waals surface area contributed by atoms with E-state index in [1.807, 2.05) is 13.0 Å². The summed E-state index contributed by atoms with van der Waals surface area (Å²) >= 11 is 1.30. The summed E-state index contributed by atoms with van der Waals surface area (Å²) < 4.78 is 12.4. The van der Waals surface area contributed by atoms with Crippen LogP contribution in [0.4, 0.5) is 0 Å². The molecule has 0 amide bonds. The van der Waals surface area contributed by atoms with Gasteiger partial charge in [0, 0.05) is 24.2 Å². The fourth-order valence-corrected chi connectivity index (χ4v) is 3.93. The lowest BCUT2D eigenvalue weighted by Gasteiger charge is -2.09. The van der Waals surface area contributed by atoms with Crippen molar-refractivity contribution in [2.75, 3.05) is 14.2 Å². The molecule has 0 saturated carbocycles. The van der Waals surface area contributed by atoms with E-state index in [-0.39, 0.29) is 22.8 Å². The van der Waals surface area contributed by atoms with Gasteiger partial charge in [-0.15, -0.1) is 0 Å². The minimum absolute atomic E-state index is 0.0807. The molecule has 0 radical (unpaired) electrons. The van der Waals surface area contributed by atoms with E-state index in [1.165, 1.54) is 25.6 Å². The maximum atomic E-state index is 12.8. The first-order valence-electron chi connectivity index (χ1n) is 8.41. The first-order chi connectivity index (χ1) is 13.5. The highest BCUT2D eigenvalue weighted by molar-refractivity contribution is 7.15. The molecule has 0 fully saturated rings. The van der Waals surface area contributed by atoms with Crippen molar-refractivity contribution in [3.8, 4) is 28.5 Å². The number of thiazole rings is 1. The number of rotatable bonds is 4.